The molecule has 80 valence electrons. The lowest BCUT2D eigenvalue weighted by Crippen LogP contribution is -1.91. The van der Waals surface area contributed by atoms with Gasteiger partial charge in [0, 0.05) is 6.07 Å². The summed E-state index contributed by atoms with van der Waals surface area (Å²) in [6.45, 7) is 2.12. The Hall–Kier alpha value is -0.940. The Kier molecular flexibility index (Phi) is 3.02. The van der Waals surface area contributed by atoms with Gasteiger partial charge in [0.25, 0.3) is 0 Å². The minimum Gasteiger partial charge on any atom is -0.495 e. The van der Waals surface area contributed by atoms with Gasteiger partial charge in [-0.2, -0.15) is 0 Å². The van der Waals surface area contributed by atoms with Crippen molar-refractivity contribution >= 4 is 39.0 Å². The van der Waals surface area contributed by atoms with Gasteiger partial charge in [0.15, 0.2) is 4.34 Å². The Labute approximate surface area is 96.6 Å². The van der Waals surface area contributed by atoms with Crippen molar-refractivity contribution in [2.75, 3.05) is 18.6 Å². The molecule has 0 fully saturated rings. The zero-order valence-corrected chi connectivity index (χ0v) is 10.2. The normalized spacial score (nSPS) is 10.8. The summed E-state index contributed by atoms with van der Waals surface area (Å²) in [6.07, 6.45) is 0. The number of ether oxygens (including phenoxy) is 1. The summed E-state index contributed by atoms with van der Waals surface area (Å²) in [5.41, 5.74) is 7.46. The van der Waals surface area contributed by atoms with E-state index in [0.717, 1.165) is 20.3 Å². The monoisotopic (exact) mass is 240 g/mol. The number of hydrogen-bond donors (Lipinski definition) is 1. The number of rotatable bonds is 3. The van der Waals surface area contributed by atoms with Crippen molar-refractivity contribution in [3.63, 3.8) is 0 Å². The highest BCUT2D eigenvalue weighted by atomic mass is 32.2. The molecule has 0 spiro atoms. The molecule has 2 N–H and O–H groups in total. The summed E-state index contributed by atoms with van der Waals surface area (Å²) in [5, 5.41) is 0. The molecule has 15 heavy (non-hydrogen) atoms. The van der Waals surface area contributed by atoms with Crippen molar-refractivity contribution in [2.24, 2.45) is 0 Å². The lowest BCUT2D eigenvalue weighted by Gasteiger charge is -2.02. The van der Waals surface area contributed by atoms with Crippen LogP contribution in [0.4, 0.5) is 5.69 Å². The fourth-order valence-corrected chi connectivity index (χ4v) is 3.31. The Morgan fingerprint density at radius 1 is 1.53 bits per heavy atom. The van der Waals surface area contributed by atoms with Crippen LogP contribution in [0, 0.1) is 0 Å². The topological polar surface area (TPSA) is 48.1 Å². The molecule has 1 heterocycles. The molecule has 0 aliphatic carbocycles. The van der Waals surface area contributed by atoms with Gasteiger partial charge in [0.05, 0.1) is 23.0 Å². The number of aromatic nitrogens is 1. The van der Waals surface area contributed by atoms with Crippen molar-refractivity contribution in [3.8, 4) is 5.75 Å². The third-order valence-corrected chi connectivity index (χ3v) is 4.03. The lowest BCUT2D eigenvalue weighted by molar-refractivity contribution is 0.417. The molecular formula is C10H12N2OS2. The number of thioether (sulfide) groups is 1. The van der Waals surface area contributed by atoms with Gasteiger partial charge in [0.2, 0.25) is 0 Å². The minimum atomic E-state index is 0.668. The van der Waals surface area contributed by atoms with Crippen LogP contribution in [-0.4, -0.2) is 17.8 Å². The lowest BCUT2D eigenvalue weighted by atomic mass is 10.3. The molecule has 1 aromatic carbocycles. The number of anilines is 1. The largest absolute Gasteiger partial charge is 0.495 e. The van der Waals surface area contributed by atoms with Crippen molar-refractivity contribution < 1.29 is 4.74 Å². The molecule has 0 aliphatic heterocycles. The predicted molar refractivity (Wildman–Crippen MR) is 67.0 cm³/mol. The standard InChI is InChI=1S/C10H12N2OS2/c1-3-14-10-12-7-5-8(13-2)6(11)4-9(7)15-10/h4-5H,3,11H2,1-2H3. The number of nitrogens with two attached hydrogens (primary N) is 1. The second-order valence-corrected chi connectivity index (χ2v) is 5.52. The maximum absolute atomic E-state index is 5.83. The summed E-state index contributed by atoms with van der Waals surface area (Å²) in [4.78, 5) is 4.50. The highest BCUT2D eigenvalue weighted by Gasteiger charge is 2.07. The van der Waals surface area contributed by atoms with E-state index in [2.05, 4.69) is 11.9 Å². The third kappa shape index (κ3) is 2.03. The van der Waals surface area contributed by atoms with Gasteiger partial charge in [-0.1, -0.05) is 18.7 Å². The first-order chi connectivity index (χ1) is 7.24. The smallest absolute Gasteiger partial charge is 0.151 e. The molecule has 0 bridgehead atoms. The maximum atomic E-state index is 5.83. The van der Waals surface area contributed by atoms with Gasteiger partial charge in [-0.25, -0.2) is 4.98 Å². The van der Waals surface area contributed by atoms with Crippen LogP contribution in [-0.2, 0) is 0 Å². The van der Waals surface area contributed by atoms with Gasteiger partial charge >= 0.3 is 0 Å². The van der Waals surface area contributed by atoms with Crippen molar-refractivity contribution in [1.82, 2.24) is 4.98 Å². The molecule has 0 saturated heterocycles. The quantitative estimate of drug-likeness (QED) is 0.662. The number of benzene rings is 1. The van der Waals surface area contributed by atoms with E-state index >= 15 is 0 Å². The Balaban J connectivity index is 2.51. The van der Waals surface area contributed by atoms with Gasteiger partial charge in [0.1, 0.15) is 5.75 Å². The second kappa shape index (κ2) is 4.28. The van der Waals surface area contributed by atoms with E-state index in [4.69, 9.17) is 10.5 Å². The molecule has 0 aliphatic rings. The summed E-state index contributed by atoms with van der Waals surface area (Å²) in [7, 11) is 1.62. The Bertz CT molecular complexity index is 481. The minimum absolute atomic E-state index is 0.668. The van der Waals surface area contributed by atoms with Crippen LogP contribution >= 0.6 is 23.1 Å². The molecule has 0 atom stereocenters. The fraction of sp³-hybridized carbons (Fsp3) is 0.300. The third-order valence-electron chi connectivity index (χ3n) is 1.99. The molecule has 0 radical (unpaired) electrons. The van der Waals surface area contributed by atoms with Gasteiger partial charge in [-0.05, 0) is 11.8 Å². The number of fused-ring (bicyclic) bond motifs is 1. The van der Waals surface area contributed by atoms with Crippen LogP contribution in [0.25, 0.3) is 10.2 Å². The highest BCUT2D eigenvalue weighted by Crippen LogP contribution is 2.34. The van der Waals surface area contributed by atoms with Crippen LogP contribution in [0.2, 0.25) is 0 Å². The average molecular weight is 240 g/mol. The second-order valence-electron chi connectivity index (χ2n) is 2.97. The van der Waals surface area contributed by atoms with E-state index in [-0.39, 0.29) is 0 Å². The van der Waals surface area contributed by atoms with Gasteiger partial charge in [-0.15, -0.1) is 11.3 Å². The number of hydrogen-bond acceptors (Lipinski definition) is 5. The Morgan fingerprint density at radius 3 is 3.00 bits per heavy atom. The van der Waals surface area contributed by atoms with E-state index < -0.39 is 0 Å². The van der Waals surface area contributed by atoms with Gasteiger partial charge < -0.3 is 10.5 Å². The molecule has 5 heteroatoms. The van der Waals surface area contributed by atoms with Crippen LogP contribution in [0.15, 0.2) is 16.5 Å². The van der Waals surface area contributed by atoms with Crippen LogP contribution in [0.5, 0.6) is 5.75 Å². The van der Waals surface area contributed by atoms with Crippen LogP contribution < -0.4 is 10.5 Å². The van der Waals surface area contributed by atoms with E-state index in [1.165, 1.54) is 0 Å². The molecule has 3 nitrogen and oxygen atoms in total. The summed E-state index contributed by atoms with van der Waals surface area (Å²) < 4.78 is 7.35. The highest BCUT2D eigenvalue weighted by molar-refractivity contribution is 8.01. The zero-order valence-electron chi connectivity index (χ0n) is 8.61. The number of methoxy groups -OCH3 is 1. The molecule has 0 saturated carbocycles. The van der Waals surface area contributed by atoms with Crippen molar-refractivity contribution in [3.05, 3.63) is 12.1 Å². The van der Waals surface area contributed by atoms with Crippen molar-refractivity contribution in [2.45, 2.75) is 11.3 Å². The van der Waals surface area contributed by atoms with E-state index in [9.17, 15) is 0 Å². The first-order valence-electron chi connectivity index (χ1n) is 4.61. The number of thiazole rings is 1. The van der Waals surface area contributed by atoms with Gasteiger partial charge in [-0.3, -0.25) is 0 Å². The first kappa shape index (κ1) is 10.6. The molecule has 2 aromatic rings. The van der Waals surface area contributed by atoms with Crippen LogP contribution in [0.1, 0.15) is 6.92 Å². The summed E-state index contributed by atoms with van der Waals surface area (Å²) >= 11 is 3.42. The SMILES string of the molecule is CCSc1nc2cc(OC)c(N)cc2s1. The summed E-state index contributed by atoms with van der Waals surface area (Å²) in [6, 6.07) is 3.81. The molecular weight excluding hydrogens is 228 g/mol. The molecule has 0 amide bonds. The average Bonchev–Trinajstić information content (AvgIpc) is 2.58. The molecule has 2 rings (SSSR count). The van der Waals surface area contributed by atoms with E-state index in [0.29, 0.717) is 11.4 Å². The first-order valence-corrected chi connectivity index (χ1v) is 6.41. The Morgan fingerprint density at radius 2 is 2.33 bits per heavy atom. The number of nitrogens with zero attached hydrogens (tertiary/aromatic N) is 1. The van der Waals surface area contributed by atoms with Crippen molar-refractivity contribution in [1.29, 1.82) is 0 Å². The van der Waals surface area contributed by atoms with Crippen LogP contribution in [0.3, 0.4) is 0 Å². The van der Waals surface area contributed by atoms with E-state index in [1.54, 1.807) is 30.2 Å². The zero-order chi connectivity index (χ0) is 10.8. The fourth-order valence-electron chi connectivity index (χ4n) is 1.31. The number of nitrogen functional groups attached to an aromatic ring is 1. The maximum Gasteiger partial charge on any atom is 0.151 e. The van der Waals surface area contributed by atoms with E-state index in [1.807, 2.05) is 12.1 Å². The predicted octanol–water partition coefficient (Wildman–Crippen LogP) is 3.00. The molecule has 1 aromatic heterocycles. The summed E-state index contributed by atoms with van der Waals surface area (Å²) in [5.74, 6) is 1.73. The molecule has 0 unspecified atom stereocenters.